The van der Waals surface area contributed by atoms with E-state index >= 15 is 0 Å². The van der Waals surface area contributed by atoms with E-state index in [1.165, 1.54) is 0 Å². The van der Waals surface area contributed by atoms with Gasteiger partial charge in [0.2, 0.25) is 0 Å². The molecule has 56 heavy (non-hydrogen) atoms. The SMILES string of the molecule is [2H]c1c([2H])c([2H])c(-c2nc(-c3ccc4c(c3)C3(c5ccccc5-4)c4ccccc4-c4ccc(-n5c6ccccc6c6ccccc65)cc43)nc(-c3c([2H])c([2H])c([2H])c([2H])c3[2H])n2)c([2H])c1[2H]. The van der Waals surface area contributed by atoms with Crippen molar-refractivity contribution in [3.8, 4) is 62.1 Å². The Hall–Kier alpha value is -7.43. The van der Waals surface area contributed by atoms with Crippen LogP contribution in [-0.2, 0) is 5.41 Å². The lowest BCUT2D eigenvalue weighted by molar-refractivity contribution is 0.792. The summed E-state index contributed by atoms with van der Waals surface area (Å²) in [5.74, 6) is -0.623. The predicted molar refractivity (Wildman–Crippen MR) is 227 cm³/mol. The molecule has 0 aliphatic heterocycles. The van der Waals surface area contributed by atoms with Gasteiger partial charge < -0.3 is 4.57 Å². The van der Waals surface area contributed by atoms with Gasteiger partial charge in [-0.3, -0.25) is 0 Å². The van der Waals surface area contributed by atoms with Crippen molar-refractivity contribution in [1.29, 1.82) is 0 Å². The molecular weight excluding hydrogens is 681 g/mol. The van der Waals surface area contributed by atoms with Crippen LogP contribution in [-0.4, -0.2) is 19.5 Å². The summed E-state index contributed by atoms with van der Waals surface area (Å²) >= 11 is 0. The van der Waals surface area contributed by atoms with Crippen LogP contribution in [0.15, 0.2) is 194 Å². The van der Waals surface area contributed by atoms with Crippen molar-refractivity contribution in [3.63, 3.8) is 0 Å². The average molecular weight is 723 g/mol. The van der Waals surface area contributed by atoms with E-state index in [1.807, 2.05) is 30.3 Å². The zero-order valence-corrected chi connectivity index (χ0v) is 29.5. The summed E-state index contributed by atoms with van der Waals surface area (Å²) in [6.45, 7) is 0. The smallest absolute Gasteiger partial charge is 0.164 e. The van der Waals surface area contributed by atoms with Crippen LogP contribution in [0.1, 0.15) is 36.0 Å². The molecule has 0 saturated carbocycles. The van der Waals surface area contributed by atoms with E-state index in [1.54, 1.807) is 0 Å². The Morgan fingerprint density at radius 3 is 1.41 bits per heavy atom. The van der Waals surface area contributed by atoms with Crippen molar-refractivity contribution in [1.82, 2.24) is 19.5 Å². The van der Waals surface area contributed by atoms with E-state index in [0.717, 1.165) is 72.0 Å². The van der Waals surface area contributed by atoms with Crippen molar-refractivity contribution >= 4 is 21.8 Å². The molecule has 1 atom stereocenters. The second-order valence-corrected chi connectivity index (χ2v) is 14.0. The van der Waals surface area contributed by atoms with Crippen LogP contribution in [0.5, 0.6) is 0 Å². The van der Waals surface area contributed by atoms with Gasteiger partial charge in [0.05, 0.1) is 30.2 Å². The first-order valence-corrected chi connectivity index (χ1v) is 18.3. The summed E-state index contributed by atoms with van der Waals surface area (Å²) in [5.41, 5.74) is 10.5. The second-order valence-electron chi connectivity index (χ2n) is 14.0. The first kappa shape index (κ1) is 22.7. The minimum absolute atomic E-state index is 0.00747. The third-order valence-electron chi connectivity index (χ3n) is 11.3. The van der Waals surface area contributed by atoms with E-state index in [2.05, 4.69) is 113 Å². The van der Waals surface area contributed by atoms with Gasteiger partial charge in [-0.05, 0) is 74.8 Å². The van der Waals surface area contributed by atoms with E-state index in [4.69, 9.17) is 23.7 Å². The number of hydrogen-bond acceptors (Lipinski definition) is 3. The van der Waals surface area contributed by atoms with Gasteiger partial charge in [0.25, 0.3) is 0 Å². The normalized spacial score (nSPS) is 17.4. The Morgan fingerprint density at radius 2 is 0.839 bits per heavy atom. The third kappa shape index (κ3) is 4.27. The predicted octanol–water partition coefficient (Wildman–Crippen LogP) is 12.3. The fourth-order valence-electron chi connectivity index (χ4n) is 9.06. The summed E-state index contributed by atoms with van der Waals surface area (Å²) in [6.07, 6.45) is 0. The van der Waals surface area contributed by atoms with Gasteiger partial charge in [0.15, 0.2) is 17.5 Å². The molecule has 0 radical (unpaired) electrons. The quantitative estimate of drug-likeness (QED) is 0.182. The lowest BCUT2D eigenvalue weighted by Crippen LogP contribution is -2.26. The summed E-state index contributed by atoms with van der Waals surface area (Å²) in [4.78, 5) is 14.1. The summed E-state index contributed by atoms with van der Waals surface area (Å²) in [7, 11) is 0. The molecule has 0 amide bonds. The van der Waals surface area contributed by atoms with Gasteiger partial charge in [-0.1, -0.05) is 164 Å². The van der Waals surface area contributed by atoms with E-state index in [0.29, 0.717) is 5.56 Å². The number of benzene rings is 8. The number of hydrogen-bond donors (Lipinski definition) is 0. The van der Waals surface area contributed by atoms with Crippen LogP contribution in [0.4, 0.5) is 0 Å². The van der Waals surface area contributed by atoms with Gasteiger partial charge in [-0.15, -0.1) is 0 Å². The standard InChI is InChI=1S/C52H32N4/c1-3-15-33(16-4-1)49-53-50(34-17-5-2-6-18-34)55-51(54-49)35-27-29-39-37-19-7-11-23-43(37)52(45(39)31-35)44-24-12-8-20-38(44)40-30-28-36(32-46(40)52)56-47-25-13-9-21-41(47)42-22-10-14-26-48(42)56/h1-32H/i1D,2D,3D,4D,5D,6D,15D,16D,17D,18D. The second kappa shape index (κ2) is 11.8. The average Bonchev–Trinajstić information content (AvgIpc) is 3.95. The van der Waals surface area contributed by atoms with Gasteiger partial charge in [-0.2, -0.15) is 0 Å². The molecule has 4 heteroatoms. The maximum atomic E-state index is 8.85. The van der Waals surface area contributed by atoms with Crippen LogP contribution in [0.3, 0.4) is 0 Å². The van der Waals surface area contributed by atoms with Crippen LogP contribution >= 0.6 is 0 Å². The fraction of sp³-hybridized carbons (Fsp3) is 0.0192. The molecule has 0 bridgehead atoms. The molecule has 260 valence electrons. The van der Waals surface area contributed by atoms with Crippen molar-refractivity contribution in [3.05, 3.63) is 216 Å². The molecule has 2 aliphatic carbocycles. The van der Waals surface area contributed by atoms with E-state index in [-0.39, 0.29) is 28.6 Å². The van der Waals surface area contributed by atoms with Crippen molar-refractivity contribution < 1.29 is 13.7 Å². The number of para-hydroxylation sites is 2. The topological polar surface area (TPSA) is 43.6 Å². The Kier molecular flexibility index (Phi) is 4.78. The largest absolute Gasteiger partial charge is 0.309 e. The third-order valence-corrected chi connectivity index (χ3v) is 11.3. The minimum atomic E-state index is -0.846. The highest BCUT2D eigenvalue weighted by atomic mass is 15.0. The minimum Gasteiger partial charge on any atom is -0.309 e. The monoisotopic (exact) mass is 722 g/mol. The van der Waals surface area contributed by atoms with Crippen molar-refractivity contribution in [2.45, 2.75) is 5.41 Å². The number of fused-ring (bicyclic) bond motifs is 13. The van der Waals surface area contributed by atoms with Gasteiger partial charge >= 0.3 is 0 Å². The lowest BCUT2D eigenvalue weighted by Gasteiger charge is -2.31. The molecule has 0 saturated heterocycles. The Bertz CT molecular complexity index is 3600. The number of nitrogens with zero attached hydrogens (tertiary/aromatic N) is 4. The lowest BCUT2D eigenvalue weighted by atomic mass is 9.70. The van der Waals surface area contributed by atoms with Crippen LogP contribution in [0.25, 0.3) is 83.9 Å². The molecule has 0 fully saturated rings. The highest BCUT2D eigenvalue weighted by molar-refractivity contribution is 6.09. The van der Waals surface area contributed by atoms with Crippen LogP contribution in [0.2, 0.25) is 0 Å². The summed E-state index contributed by atoms with van der Waals surface area (Å²) < 4.78 is 88.0. The first-order chi connectivity index (χ1) is 31.9. The van der Waals surface area contributed by atoms with Crippen LogP contribution < -0.4 is 0 Å². The van der Waals surface area contributed by atoms with Crippen molar-refractivity contribution in [2.75, 3.05) is 0 Å². The number of rotatable bonds is 4. The van der Waals surface area contributed by atoms with Crippen molar-refractivity contribution in [2.24, 2.45) is 0 Å². The Labute approximate surface area is 338 Å². The molecular formula is C52H32N4. The zero-order valence-electron chi connectivity index (χ0n) is 39.5. The molecule has 4 nitrogen and oxygen atoms in total. The molecule has 2 heterocycles. The van der Waals surface area contributed by atoms with E-state index in [9.17, 15) is 0 Å². The molecule has 12 rings (SSSR count). The summed E-state index contributed by atoms with van der Waals surface area (Å²) in [5, 5.41) is 2.30. The molecule has 0 N–H and O–H groups in total. The highest BCUT2D eigenvalue weighted by Crippen LogP contribution is 2.63. The maximum Gasteiger partial charge on any atom is 0.164 e. The van der Waals surface area contributed by atoms with Gasteiger partial charge in [0.1, 0.15) is 0 Å². The molecule has 1 unspecified atom stereocenters. The first-order valence-electron chi connectivity index (χ1n) is 23.3. The van der Waals surface area contributed by atoms with Gasteiger partial charge in [0, 0.05) is 33.2 Å². The maximum absolute atomic E-state index is 8.85. The fourth-order valence-corrected chi connectivity index (χ4v) is 9.06. The van der Waals surface area contributed by atoms with E-state index < -0.39 is 65.8 Å². The molecule has 2 aliphatic rings. The highest BCUT2D eigenvalue weighted by Gasteiger charge is 2.52. The number of aromatic nitrogens is 4. The van der Waals surface area contributed by atoms with Crippen LogP contribution in [0, 0.1) is 0 Å². The molecule has 1 spiro atoms. The zero-order chi connectivity index (χ0) is 45.5. The Balaban J connectivity index is 1.15. The summed E-state index contributed by atoms with van der Waals surface area (Å²) in [6, 6.07) is 40.3. The molecule has 10 aromatic rings. The van der Waals surface area contributed by atoms with Gasteiger partial charge in [-0.25, -0.2) is 15.0 Å². The molecule has 8 aromatic carbocycles. The Morgan fingerprint density at radius 1 is 0.393 bits per heavy atom. The molecule has 2 aromatic heterocycles.